The topological polar surface area (TPSA) is 92.4 Å². The van der Waals surface area contributed by atoms with Crippen molar-refractivity contribution in [2.45, 2.75) is 51.7 Å². The van der Waals surface area contributed by atoms with Gasteiger partial charge in [0.1, 0.15) is 0 Å². The number of fused-ring (bicyclic) bond motifs is 1. The Kier molecular flexibility index (Phi) is 3.59. The maximum atomic E-state index is 12.2. The molecule has 0 radical (unpaired) electrons. The Labute approximate surface area is 122 Å². The summed E-state index contributed by atoms with van der Waals surface area (Å²) in [4.78, 5) is 20.7. The fourth-order valence-electron chi connectivity index (χ4n) is 2.78. The van der Waals surface area contributed by atoms with Crippen LogP contribution in [0.5, 0.6) is 0 Å². The van der Waals surface area contributed by atoms with E-state index >= 15 is 0 Å². The van der Waals surface area contributed by atoms with Crippen LogP contribution in [-0.2, 0) is 0 Å². The second-order valence-corrected chi connectivity index (χ2v) is 5.62. The molecule has 2 N–H and O–H groups in total. The number of aliphatic hydroxyl groups excluding tert-OH is 1. The lowest BCUT2D eigenvalue weighted by Gasteiger charge is -2.27. The zero-order valence-corrected chi connectivity index (χ0v) is 12.2. The quantitative estimate of drug-likeness (QED) is 0.852. The molecule has 2 aromatic rings. The first-order valence-electron chi connectivity index (χ1n) is 7.24. The fourth-order valence-corrected chi connectivity index (χ4v) is 2.78. The van der Waals surface area contributed by atoms with Crippen LogP contribution in [-0.4, -0.2) is 42.7 Å². The van der Waals surface area contributed by atoms with Crippen LogP contribution in [0, 0.1) is 13.8 Å². The minimum Gasteiger partial charge on any atom is -0.391 e. The number of hydrogen-bond acceptors (Lipinski definition) is 5. The van der Waals surface area contributed by atoms with Gasteiger partial charge in [0.25, 0.3) is 11.7 Å². The van der Waals surface area contributed by atoms with Crippen molar-refractivity contribution < 1.29 is 9.90 Å². The Morgan fingerprint density at radius 3 is 2.86 bits per heavy atom. The van der Waals surface area contributed by atoms with Crippen molar-refractivity contribution in [3.63, 3.8) is 0 Å². The largest absolute Gasteiger partial charge is 0.391 e. The first kappa shape index (κ1) is 13.9. The first-order valence-corrected chi connectivity index (χ1v) is 7.24. The van der Waals surface area contributed by atoms with Crippen molar-refractivity contribution in [1.82, 2.24) is 24.9 Å². The molecular formula is C14H19N5O2. The summed E-state index contributed by atoms with van der Waals surface area (Å²) in [7, 11) is 0. The van der Waals surface area contributed by atoms with Gasteiger partial charge in [-0.3, -0.25) is 4.79 Å². The molecule has 112 valence electrons. The summed E-state index contributed by atoms with van der Waals surface area (Å²) in [6.07, 6.45) is 3.05. The zero-order valence-electron chi connectivity index (χ0n) is 12.2. The molecule has 1 amide bonds. The van der Waals surface area contributed by atoms with Crippen molar-refractivity contribution in [3.8, 4) is 0 Å². The van der Waals surface area contributed by atoms with E-state index in [0.717, 1.165) is 37.1 Å². The molecule has 3 rings (SSSR count). The molecule has 1 aliphatic carbocycles. The molecule has 0 unspecified atom stereocenters. The standard InChI is InChI=1S/C14H19N5O2/c1-8-7-9(2)19-14(15-8)17-12(18-19)13(21)16-10-5-3-4-6-11(10)20/h7,10-11,20H,3-6H2,1-2H3,(H,16,21)/t10-,11-/m0/s1. The van der Waals surface area contributed by atoms with Crippen LogP contribution in [0.3, 0.4) is 0 Å². The summed E-state index contributed by atoms with van der Waals surface area (Å²) in [5, 5.41) is 16.9. The van der Waals surface area contributed by atoms with Gasteiger partial charge in [-0.2, -0.15) is 4.98 Å². The average molecular weight is 289 g/mol. The highest BCUT2D eigenvalue weighted by atomic mass is 16.3. The lowest BCUT2D eigenvalue weighted by Crippen LogP contribution is -2.45. The second-order valence-electron chi connectivity index (χ2n) is 5.62. The maximum absolute atomic E-state index is 12.2. The molecule has 0 aliphatic heterocycles. The van der Waals surface area contributed by atoms with Crippen LogP contribution in [0.25, 0.3) is 5.78 Å². The monoisotopic (exact) mass is 289 g/mol. The highest BCUT2D eigenvalue weighted by Gasteiger charge is 2.26. The molecule has 21 heavy (non-hydrogen) atoms. The van der Waals surface area contributed by atoms with Gasteiger partial charge >= 0.3 is 0 Å². The van der Waals surface area contributed by atoms with E-state index in [1.54, 1.807) is 4.52 Å². The molecule has 2 atom stereocenters. The highest BCUT2D eigenvalue weighted by molar-refractivity contribution is 5.91. The molecule has 1 fully saturated rings. The van der Waals surface area contributed by atoms with Crippen LogP contribution in [0.15, 0.2) is 6.07 Å². The Hall–Kier alpha value is -2.02. The van der Waals surface area contributed by atoms with Crippen LogP contribution in [0.4, 0.5) is 0 Å². The number of carbonyl (C=O) groups excluding carboxylic acids is 1. The van der Waals surface area contributed by atoms with Gasteiger partial charge in [0, 0.05) is 11.4 Å². The van der Waals surface area contributed by atoms with Crippen molar-refractivity contribution in [3.05, 3.63) is 23.3 Å². The number of carbonyl (C=O) groups is 1. The average Bonchev–Trinajstić information content (AvgIpc) is 2.85. The predicted octanol–water partition coefficient (Wildman–Crippen LogP) is 0.774. The molecule has 0 bridgehead atoms. The van der Waals surface area contributed by atoms with E-state index in [1.807, 2.05) is 19.9 Å². The maximum Gasteiger partial charge on any atom is 0.291 e. The van der Waals surface area contributed by atoms with Crippen molar-refractivity contribution >= 4 is 11.7 Å². The molecule has 0 aromatic carbocycles. The summed E-state index contributed by atoms with van der Waals surface area (Å²) in [5.41, 5.74) is 1.71. The van der Waals surface area contributed by atoms with E-state index in [1.165, 1.54) is 0 Å². The van der Waals surface area contributed by atoms with E-state index < -0.39 is 6.10 Å². The number of nitrogens with one attached hydrogen (secondary N) is 1. The van der Waals surface area contributed by atoms with Crippen LogP contribution in [0.2, 0.25) is 0 Å². The fraction of sp³-hybridized carbons (Fsp3) is 0.571. The molecule has 1 saturated carbocycles. The van der Waals surface area contributed by atoms with Gasteiger partial charge < -0.3 is 10.4 Å². The van der Waals surface area contributed by atoms with Gasteiger partial charge in [-0.25, -0.2) is 9.50 Å². The third-order valence-electron chi connectivity index (χ3n) is 3.87. The Morgan fingerprint density at radius 2 is 2.10 bits per heavy atom. The van der Waals surface area contributed by atoms with Gasteiger partial charge in [-0.05, 0) is 32.8 Å². The number of aliphatic hydroxyl groups is 1. The lowest BCUT2D eigenvalue weighted by atomic mass is 9.92. The number of aromatic nitrogens is 4. The molecule has 7 nitrogen and oxygen atoms in total. The summed E-state index contributed by atoms with van der Waals surface area (Å²) >= 11 is 0. The predicted molar refractivity (Wildman–Crippen MR) is 76.0 cm³/mol. The third kappa shape index (κ3) is 2.73. The highest BCUT2D eigenvalue weighted by Crippen LogP contribution is 2.18. The van der Waals surface area contributed by atoms with Crippen LogP contribution in [0.1, 0.15) is 47.7 Å². The molecule has 2 aromatic heterocycles. The van der Waals surface area contributed by atoms with Crippen molar-refractivity contribution in [2.75, 3.05) is 0 Å². The molecule has 2 heterocycles. The molecule has 0 saturated heterocycles. The third-order valence-corrected chi connectivity index (χ3v) is 3.87. The van der Waals surface area contributed by atoms with E-state index in [2.05, 4.69) is 20.4 Å². The summed E-state index contributed by atoms with van der Waals surface area (Å²) in [5.74, 6) is 0.152. The smallest absolute Gasteiger partial charge is 0.291 e. The van der Waals surface area contributed by atoms with Crippen molar-refractivity contribution in [2.24, 2.45) is 0 Å². The minimum absolute atomic E-state index is 0.0916. The Morgan fingerprint density at radius 1 is 1.33 bits per heavy atom. The van der Waals surface area contributed by atoms with Crippen LogP contribution >= 0.6 is 0 Å². The van der Waals surface area contributed by atoms with E-state index in [9.17, 15) is 9.90 Å². The van der Waals surface area contributed by atoms with Gasteiger partial charge in [-0.1, -0.05) is 12.8 Å². The Balaban J connectivity index is 1.83. The van der Waals surface area contributed by atoms with Gasteiger partial charge in [-0.15, -0.1) is 5.10 Å². The summed E-state index contributed by atoms with van der Waals surface area (Å²) < 4.78 is 1.55. The molecule has 7 heteroatoms. The first-order chi connectivity index (χ1) is 10.0. The number of aryl methyl sites for hydroxylation is 2. The SMILES string of the molecule is Cc1cc(C)n2nc(C(=O)N[C@H]3CCCC[C@@H]3O)nc2n1. The molecule has 1 aliphatic rings. The van der Waals surface area contributed by atoms with Gasteiger partial charge in [0.05, 0.1) is 12.1 Å². The lowest BCUT2D eigenvalue weighted by molar-refractivity contribution is 0.0710. The van der Waals surface area contributed by atoms with Crippen molar-refractivity contribution in [1.29, 1.82) is 0 Å². The van der Waals surface area contributed by atoms with Gasteiger partial charge in [0.2, 0.25) is 5.82 Å². The second kappa shape index (κ2) is 5.40. The molecule has 0 spiro atoms. The van der Waals surface area contributed by atoms with E-state index in [4.69, 9.17) is 0 Å². The van der Waals surface area contributed by atoms with Gasteiger partial charge in [0.15, 0.2) is 0 Å². The van der Waals surface area contributed by atoms with E-state index in [-0.39, 0.29) is 17.8 Å². The number of rotatable bonds is 2. The summed E-state index contributed by atoms with van der Waals surface area (Å²) in [6, 6.07) is 1.67. The zero-order chi connectivity index (χ0) is 15.0. The van der Waals surface area contributed by atoms with Crippen LogP contribution < -0.4 is 5.32 Å². The Bertz CT molecular complexity index is 681. The minimum atomic E-state index is -0.484. The number of nitrogens with zero attached hydrogens (tertiary/aromatic N) is 4. The van der Waals surface area contributed by atoms with E-state index in [0.29, 0.717) is 5.78 Å². The molecular weight excluding hydrogens is 270 g/mol. The normalized spacial score (nSPS) is 22.4. The number of amides is 1. The number of hydrogen-bond donors (Lipinski definition) is 2. The summed E-state index contributed by atoms with van der Waals surface area (Å²) in [6.45, 7) is 3.77.